The summed E-state index contributed by atoms with van der Waals surface area (Å²) in [4.78, 5) is 16.6. The van der Waals surface area contributed by atoms with Crippen molar-refractivity contribution in [3.05, 3.63) is 65.0 Å². The van der Waals surface area contributed by atoms with E-state index < -0.39 is 0 Å². The quantitative estimate of drug-likeness (QED) is 0.637. The lowest BCUT2D eigenvalue weighted by Crippen LogP contribution is -2.46. The number of halogens is 1. The summed E-state index contributed by atoms with van der Waals surface area (Å²) in [7, 11) is 0. The maximum Gasteiger partial charge on any atom is 0.271 e. The highest BCUT2D eigenvalue weighted by Gasteiger charge is 2.19. The molecule has 1 aliphatic heterocycles. The number of benzene rings is 2. The van der Waals surface area contributed by atoms with Gasteiger partial charge in [-0.15, -0.1) is 0 Å². The molecule has 0 spiro atoms. The second kappa shape index (κ2) is 8.97. The van der Waals surface area contributed by atoms with Crippen LogP contribution in [0.25, 0.3) is 0 Å². The first-order valence-corrected chi connectivity index (χ1v) is 9.66. The minimum atomic E-state index is -0.287. The predicted molar refractivity (Wildman–Crippen MR) is 112 cm³/mol. The summed E-state index contributed by atoms with van der Waals surface area (Å²) in [6.45, 7) is 10.4. The second-order valence-corrected chi connectivity index (χ2v) is 7.09. The summed E-state index contributed by atoms with van der Waals surface area (Å²) >= 11 is 0. The number of carbonyl (C=O) groups excluding carboxylic acids is 1. The molecule has 28 heavy (non-hydrogen) atoms. The molecular formula is C22H27FN4O. The molecule has 1 fully saturated rings. The molecule has 1 amide bonds. The Morgan fingerprint density at radius 1 is 1.07 bits per heavy atom. The van der Waals surface area contributed by atoms with Crippen LogP contribution in [0.2, 0.25) is 0 Å². The highest BCUT2D eigenvalue weighted by Crippen LogP contribution is 2.22. The van der Waals surface area contributed by atoms with E-state index in [1.807, 2.05) is 25.1 Å². The van der Waals surface area contributed by atoms with Crippen LogP contribution in [0.3, 0.4) is 0 Å². The van der Waals surface area contributed by atoms with E-state index in [4.69, 9.17) is 0 Å². The number of hydrazone groups is 1. The minimum absolute atomic E-state index is 0.262. The number of carbonyl (C=O) groups is 1. The molecule has 1 saturated heterocycles. The Kier molecular flexibility index (Phi) is 6.41. The van der Waals surface area contributed by atoms with E-state index in [2.05, 4.69) is 27.3 Å². The zero-order valence-electron chi connectivity index (χ0n) is 16.7. The molecule has 1 N–H and O–H groups in total. The van der Waals surface area contributed by atoms with Gasteiger partial charge in [-0.3, -0.25) is 4.79 Å². The van der Waals surface area contributed by atoms with Crippen molar-refractivity contribution in [1.82, 2.24) is 10.3 Å². The number of aryl methyl sites for hydroxylation is 1. The molecule has 0 radical (unpaired) electrons. The lowest BCUT2D eigenvalue weighted by molar-refractivity contribution is 0.0955. The van der Waals surface area contributed by atoms with Crippen molar-refractivity contribution in [2.24, 2.45) is 5.10 Å². The van der Waals surface area contributed by atoms with Crippen LogP contribution >= 0.6 is 0 Å². The van der Waals surface area contributed by atoms with Crippen LogP contribution in [0, 0.1) is 12.7 Å². The van der Waals surface area contributed by atoms with Gasteiger partial charge in [-0.05, 0) is 44.7 Å². The van der Waals surface area contributed by atoms with Crippen LogP contribution in [0.1, 0.15) is 35.3 Å². The number of nitrogens with zero attached hydrogens (tertiary/aromatic N) is 3. The van der Waals surface area contributed by atoms with E-state index >= 15 is 0 Å². The van der Waals surface area contributed by atoms with Gasteiger partial charge in [0.2, 0.25) is 0 Å². The van der Waals surface area contributed by atoms with Gasteiger partial charge in [-0.1, -0.05) is 30.7 Å². The SMILES string of the molecule is CCN1CCN(c2ccc(/C(C)=N\NC(=O)c3ccc(C)cc3)cc2F)CC1. The van der Waals surface area contributed by atoms with Gasteiger partial charge in [0, 0.05) is 37.3 Å². The first-order valence-electron chi connectivity index (χ1n) is 9.66. The zero-order valence-corrected chi connectivity index (χ0v) is 16.7. The maximum atomic E-state index is 14.7. The van der Waals surface area contributed by atoms with Crippen LogP contribution in [0.15, 0.2) is 47.6 Å². The summed E-state index contributed by atoms with van der Waals surface area (Å²) in [6.07, 6.45) is 0. The highest BCUT2D eigenvalue weighted by molar-refractivity contribution is 6.01. The first-order chi connectivity index (χ1) is 13.5. The van der Waals surface area contributed by atoms with E-state index in [1.165, 1.54) is 6.07 Å². The third-order valence-electron chi connectivity index (χ3n) is 5.16. The number of nitrogens with one attached hydrogen (secondary N) is 1. The van der Waals surface area contributed by atoms with Gasteiger partial charge in [0.1, 0.15) is 5.82 Å². The average molecular weight is 382 g/mol. The van der Waals surface area contributed by atoms with Crippen molar-refractivity contribution < 1.29 is 9.18 Å². The molecule has 0 bridgehead atoms. The fraction of sp³-hybridized carbons (Fsp3) is 0.364. The normalized spacial score (nSPS) is 15.6. The van der Waals surface area contributed by atoms with Crippen molar-refractivity contribution in [1.29, 1.82) is 0 Å². The Bertz CT molecular complexity index is 855. The molecule has 0 saturated carbocycles. The van der Waals surface area contributed by atoms with Crippen LogP contribution in [0.5, 0.6) is 0 Å². The summed E-state index contributed by atoms with van der Waals surface area (Å²) in [5, 5.41) is 4.13. The minimum Gasteiger partial charge on any atom is -0.367 e. The molecule has 6 heteroatoms. The van der Waals surface area contributed by atoms with Gasteiger partial charge in [0.15, 0.2) is 0 Å². The Labute approximate surface area is 165 Å². The highest BCUT2D eigenvalue weighted by atomic mass is 19.1. The fourth-order valence-electron chi connectivity index (χ4n) is 3.26. The van der Waals surface area contributed by atoms with Crippen molar-refractivity contribution >= 4 is 17.3 Å². The van der Waals surface area contributed by atoms with Gasteiger partial charge >= 0.3 is 0 Å². The van der Waals surface area contributed by atoms with Gasteiger partial charge in [-0.25, -0.2) is 9.82 Å². The number of piperazine rings is 1. The number of hydrogen-bond acceptors (Lipinski definition) is 4. The lowest BCUT2D eigenvalue weighted by Gasteiger charge is -2.35. The third kappa shape index (κ3) is 4.75. The molecule has 0 atom stereocenters. The first kappa shape index (κ1) is 20.0. The molecule has 148 valence electrons. The van der Waals surface area contributed by atoms with Crippen LogP contribution in [0.4, 0.5) is 10.1 Å². The number of anilines is 1. The number of rotatable bonds is 5. The largest absolute Gasteiger partial charge is 0.367 e. The number of likely N-dealkylation sites (N-methyl/N-ethyl adjacent to an activating group) is 1. The van der Waals surface area contributed by atoms with Gasteiger partial charge in [0.05, 0.1) is 11.4 Å². The molecule has 2 aromatic rings. The molecule has 1 aliphatic rings. The molecule has 0 aromatic heterocycles. The molecule has 1 heterocycles. The summed E-state index contributed by atoms with van der Waals surface area (Å²) in [5.41, 5.74) is 5.99. The van der Waals surface area contributed by atoms with Crippen molar-refractivity contribution in [2.75, 3.05) is 37.6 Å². The van der Waals surface area contributed by atoms with Crippen molar-refractivity contribution in [2.45, 2.75) is 20.8 Å². The lowest BCUT2D eigenvalue weighted by atomic mass is 10.1. The zero-order chi connectivity index (χ0) is 20.1. The summed E-state index contributed by atoms with van der Waals surface area (Å²) < 4.78 is 14.7. The molecule has 0 unspecified atom stereocenters. The topological polar surface area (TPSA) is 47.9 Å². The van der Waals surface area contributed by atoms with Gasteiger partial charge in [-0.2, -0.15) is 5.10 Å². The van der Waals surface area contributed by atoms with Crippen LogP contribution in [-0.4, -0.2) is 49.2 Å². The molecular weight excluding hydrogens is 355 g/mol. The maximum absolute atomic E-state index is 14.7. The van der Waals surface area contributed by atoms with E-state index in [-0.39, 0.29) is 11.7 Å². The van der Waals surface area contributed by atoms with E-state index in [9.17, 15) is 9.18 Å². The van der Waals surface area contributed by atoms with E-state index in [1.54, 1.807) is 25.1 Å². The smallest absolute Gasteiger partial charge is 0.271 e. The summed E-state index contributed by atoms with van der Waals surface area (Å²) in [5.74, 6) is -0.549. The molecule has 2 aromatic carbocycles. The number of amides is 1. The molecule has 0 aliphatic carbocycles. The predicted octanol–water partition coefficient (Wildman–Crippen LogP) is 3.43. The van der Waals surface area contributed by atoms with E-state index in [0.717, 1.165) is 38.3 Å². The van der Waals surface area contributed by atoms with Gasteiger partial charge < -0.3 is 9.80 Å². The Hall–Kier alpha value is -2.73. The van der Waals surface area contributed by atoms with Crippen LogP contribution < -0.4 is 10.3 Å². The second-order valence-electron chi connectivity index (χ2n) is 7.09. The van der Waals surface area contributed by atoms with E-state index in [0.29, 0.717) is 22.5 Å². The van der Waals surface area contributed by atoms with Crippen molar-refractivity contribution in [3.8, 4) is 0 Å². The Balaban J connectivity index is 1.66. The molecule has 5 nitrogen and oxygen atoms in total. The van der Waals surface area contributed by atoms with Crippen molar-refractivity contribution in [3.63, 3.8) is 0 Å². The molecule has 3 rings (SSSR count). The van der Waals surface area contributed by atoms with Gasteiger partial charge in [0.25, 0.3) is 5.91 Å². The average Bonchev–Trinajstić information content (AvgIpc) is 2.72. The fourth-order valence-corrected chi connectivity index (χ4v) is 3.26. The third-order valence-corrected chi connectivity index (χ3v) is 5.16. The number of hydrogen-bond donors (Lipinski definition) is 1. The van der Waals surface area contributed by atoms with Crippen LogP contribution in [-0.2, 0) is 0 Å². The Morgan fingerprint density at radius 2 is 1.71 bits per heavy atom. The monoisotopic (exact) mass is 382 g/mol. The summed E-state index contributed by atoms with van der Waals surface area (Å²) in [6, 6.07) is 12.4. The Morgan fingerprint density at radius 3 is 2.32 bits per heavy atom. The standard InChI is InChI=1S/C22H27FN4O/c1-4-26-11-13-27(14-12-26)21-10-9-19(15-20(21)23)17(3)24-25-22(28)18-7-5-16(2)6-8-18/h5-10,15H,4,11-14H2,1-3H3,(H,25,28)/b24-17-.